The van der Waals surface area contributed by atoms with Gasteiger partial charge in [0.25, 0.3) is 5.91 Å². The van der Waals surface area contributed by atoms with Gasteiger partial charge in [0.2, 0.25) is 0 Å². The predicted octanol–water partition coefficient (Wildman–Crippen LogP) is 2.62. The molecule has 1 amide bonds. The third-order valence-electron chi connectivity index (χ3n) is 3.96. The first-order valence-electron chi connectivity index (χ1n) is 7.82. The first kappa shape index (κ1) is 15.3. The van der Waals surface area contributed by atoms with Gasteiger partial charge in [-0.05, 0) is 38.3 Å². The van der Waals surface area contributed by atoms with E-state index in [-0.39, 0.29) is 11.9 Å². The standard InChI is InChI=1S/C17H21N5O/c1-11(2)22-10-15(20-21-22)17(23)18-8-7-13-9-19-16-12(3)5-4-6-14(13)16/h4-6,9-11,19H,7-8H2,1-3H3,(H,18,23). The number of carbonyl (C=O) groups excluding carboxylic acids is 1. The van der Waals surface area contributed by atoms with E-state index < -0.39 is 0 Å². The number of nitrogens with zero attached hydrogens (tertiary/aromatic N) is 3. The fraction of sp³-hybridized carbons (Fsp3) is 0.353. The lowest BCUT2D eigenvalue weighted by atomic mass is 10.1. The van der Waals surface area contributed by atoms with E-state index in [0.717, 1.165) is 11.9 Å². The van der Waals surface area contributed by atoms with Gasteiger partial charge in [-0.15, -0.1) is 5.10 Å². The SMILES string of the molecule is Cc1cccc2c(CCNC(=O)c3cn(C(C)C)nn3)c[nH]c12. The normalized spacial score (nSPS) is 11.3. The highest BCUT2D eigenvalue weighted by molar-refractivity contribution is 5.92. The number of aromatic amines is 1. The molecule has 0 radical (unpaired) electrons. The minimum Gasteiger partial charge on any atom is -0.361 e. The minimum absolute atomic E-state index is 0.187. The van der Waals surface area contributed by atoms with Crippen LogP contribution in [0.15, 0.2) is 30.6 Å². The lowest BCUT2D eigenvalue weighted by molar-refractivity contribution is 0.0949. The molecule has 0 bridgehead atoms. The van der Waals surface area contributed by atoms with Crippen molar-refractivity contribution in [2.24, 2.45) is 0 Å². The Morgan fingerprint density at radius 2 is 2.22 bits per heavy atom. The number of para-hydroxylation sites is 1. The Hall–Kier alpha value is -2.63. The van der Waals surface area contributed by atoms with Crippen LogP contribution in [0.4, 0.5) is 0 Å². The summed E-state index contributed by atoms with van der Waals surface area (Å²) >= 11 is 0. The summed E-state index contributed by atoms with van der Waals surface area (Å²) in [6, 6.07) is 6.43. The van der Waals surface area contributed by atoms with Crippen molar-refractivity contribution < 1.29 is 4.79 Å². The molecule has 0 fully saturated rings. The second kappa shape index (κ2) is 6.24. The maximum Gasteiger partial charge on any atom is 0.273 e. The summed E-state index contributed by atoms with van der Waals surface area (Å²) in [5, 5.41) is 12.0. The summed E-state index contributed by atoms with van der Waals surface area (Å²) in [6.07, 6.45) is 4.46. The number of amides is 1. The molecule has 0 saturated carbocycles. The van der Waals surface area contributed by atoms with Crippen LogP contribution < -0.4 is 5.32 Å². The number of H-pyrrole nitrogens is 1. The lowest BCUT2D eigenvalue weighted by Crippen LogP contribution is -2.26. The number of hydrogen-bond acceptors (Lipinski definition) is 3. The van der Waals surface area contributed by atoms with Gasteiger partial charge in [0.15, 0.2) is 5.69 Å². The smallest absolute Gasteiger partial charge is 0.273 e. The van der Waals surface area contributed by atoms with Crippen LogP contribution >= 0.6 is 0 Å². The summed E-state index contributed by atoms with van der Waals surface area (Å²) < 4.78 is 1.68. The van der Waals surface area contributed by atoms with Crippen LogP contribution in [0, 0.1) is 6.92 Å². The maximum atomic E-state index is 12.1. The van der Waals surface area contributed by atoms with Crippen LogP contribution in [0.1, 0.15) is 41.5 Å². The predicted molar refractivity (Wildman–Crippen MR) is 89.5 cm³/mol. The van der Waals surface area contributed by atoms with E-state index in [0.29, 0.717) is 12.2 Å². The van der Waals surface area contributed by atoms with E-state index in [1.165, 1.54) is 16.5 Å². The molecule has 0 saturated heterocycles. The van der Waals surface area contributed by atoms with Crippen molar-refractivity contribution >= 4 is 16.8 Å². The summed E-state index contributed by atoms with van der Waals surface area (Å²) in [5.74, 6) is -0.187. The summed E-state index contributed by atoms with van der Waals surface area (Å²) in [4.78, 5) is 15.4. The van der Waals surface area contributed by atoms with E-state index in [1.54, 1.807) is 10.9 Å². The molecule has 6 heteroatoms. The van der Waals surface area contributed by atoms with E-state index in [4.69, 9.17) is 0 Å². The Morgan fingerprint density at radius 3 is 2.96 bits per heavy atom. The van der Waals surface area contributed by atoms with E-state index in [1.807, 2.05) is 20.0 Å². The van der Waals surface area contributed by atoms with Crippen molar-refractivity contribution in [3.63, 3.8) is 0 Å². The summed E-state index contributed by atoms with van der Waals surface area (Å²) in [6.45, 7) is 6.64. The summed E-state index contributed by atoms with van der Waals surface area (Å²) in [5.41, 5.74) is 3.94. The van der Waals surface area contributed by atoms with Crippen molar-refractivity contribution in [1.82, 2.24) is 25.3 Å². The van der Waals surface area contributed by atoms with Gasteiger partial charge in [0, 0.05) is 29.7 Å². The molecule has 3 rings (SSSR count). The number of aromatic nitrogens is 4. The Morgan fingerprint density at radius 1 is 1.39 bits per heavy atom. The second-order valence-corrected chi connectivity index (χ2v) is 5.99. The third kappa shape index (κ3) is 3.11. The zero-order valence-electron chi connectivity index (χ0n) is 13.6. The molecule has 1 aromatic carbocycles. The lowest BCUT2D eigenvalue weighted by Gasteiger charge is -2.03. The fourth-order valence-electron chi connectivity index (χ4n) is 2.61. The second-order valence-electron chi connectivity index (χ2n) is 5.99. The molecular formula is C17H21N5O. The van der Waals surface area contributed by atoms with Crippen LogP contribution in [-0.2, 0) is 6.42 Å². The fourth-order valence-corrected chi connectivity index (χ4v) is 2.61. The zero-order valence-corrected chi connectivity index (χ0v) is 13.6. The van der Waals surface area contributed by atoms with Crippen LogP contribution in [0.5, 0.6) is 0 Å². The number of hydrogen-bond donors (Lipinski definition) is 2. The van der Waals surface area contributed by atoms with Crippen molar-refractivity contribution in [2.75, 3.05) is 6.54 Å². The highest BCUT2D eigenvalue weighted by atomic mass is 16.2. The quantitative estimate of drug-likeness (QED) is 0.760. The molecule has 0 aliphatic heterocycles. The summed E-state index contributed by atoms with van der Waals surface area (Å²) in [7, 11) is 0. The van der Waals surface area contributed by atoms with Crippen molar-refractivity contribution in [3.8, 4) is 0 Å². The van der Waals surface area contributed by atoms with Gasteiger partial charge in [0.1, 0.15) is 0 Å². The number of fused-ring (bicyclic) bond motifs is 1. The van der Waals surface area contributed by atoms with Crippen molar-refractivity contribution in [3.05, 3.63) is 47.4 Å². The number of nitrogens with one attached hydrogen (secondary N) is 2. The number of benzene rings is 1. The highest BCUT2D eigenvalue weighted by Crippen LogP contribution is 2.21. The Labute approximate surface area is 134 Å². The number of aryl methyl sites for hydroxylation is 1. The topological polar surface area (TPSA) is 75.6 Å². The molecule has 0 unspecified atom stereocenters. The molecule has 0 aliphatic rings. The van der Waals surface area contributed by atoms with Crippen LogP contribution in [-0.4, -0.2) is 32.4 Å². The Balaban J connectivity index is 1.62. The first-order chi connectivity index (χ1) is 11.1. The van der Waals surface area contributed by atoms with Crippen LogP contribution in [0.3, 0.4) is 0 Å². The molecule has 2 aromatic heterocycles. The average Bonchev–Trinajstić information content (AvgIpc) is 3.15. The van der Waals surface area contributed by atoms with Crippen molar-refractivity contribution in [2.45, 2.75) is 33.2 Å². The van der Waals surface area contributed by atoms with Gasteiger partial charge in [-0.1, -0.05) is 23.4 Å². The first-order valence-corrected chi connectivity index (χ1v) is 7.82. The molecule has 6 nitrogen and oxygen atoms in total. The van der Waals surface area contributed by atoms with E-state index in [9.17, 15) is 4.79 Å². The van der Waals surface area contributed by atoms with E-state index >= 15 is 0 Å². The van der Waals surface area contributed by atoms with Gasteiger partial charge >= 0.3 is 0 Å². The molecule has 0 atom stereocenters. The maximum absolute atomic E-state index is 12.1. The molecule has 120 valence electrons. The third-order valence-corrected chi connectivity index (χ3v) is 3.96. The molecule has 0 spiro atoms. The minimum atomic E-state index is -0.187. The Bertz CT molecular complexity index is 830. The van der Waals surface area contributed by atoms with Crippen LogP contribution in [0.25, 0.3) is 10.9 Å². The van der Waals surface area contributed by atoms with Gasteiger partial charge in [-0.3, -0.25) is 4.79 Å². The molecule has 3 aromatic rings. The van der Waals surface area contributed by atoms with Gasteiger partial charge in [0.05, 0.1) is 6.20 Å². The largest absolute Gasteiger partial charge is 0.361 e. The molecule has 2 heterocycles. The van der Waals surface area contributed by atoms with Gasteiger partial charge < -0.3 is 10.3 Å². The average molecular weight is 311 g/mol. The molecule has 0 aliphatic carbocycles. The number of carbonyl (C=O) groups is 1. The van der Waals surface area contributed by atoms with Crippen molar-refractivity contribution in [1.29, 1.82) is 0 Å². The van der Waals surface area contributed by atoms with Gasteiger partial charge in [-0.25, -0.2) is 4.68 Å². The molecule has 23 heavy (non-hydrogen) atoms. The number of rotatable bonds is 5. The zero-order chi connectivity index (χ0) is 16.4. The molecule has 2 N–H and O–H groups in total. The molecular weight excluding hydrogens is 290 g/mol. The van der Waals surface area contributed by atoms with E-state index in [2.05, 4.69) is 45.7 Å². The van der Waals surface area contributed by atoms with Crippen LogP contribution in [0.2, 0.25) is 0 Å². The van der Waals surface area contributed by atoms with Gasteiger partial charge in [-0.2, -0.15) is 0 Å². The monoisotopic (exact) mass is 311 g/mol. The highest BCUT2D eigenvalue weighted by Gasteiger charge is 2.12. The Kier molecular flexibility index (Phi) is 4.14.